The quantitative estimate of drug-likeness (QED) is 0.568. The van der Waals surface area contributed by atoms with E-state index < -0.39 is 23.9 Å². The Balaban J connectivity index is 1.96. The molecule has 0 radical (unpaired) electrons. The van der Waals surface area contributed by atoms with Gasteiger partial charge in [-0.05, 0) is 30.4 Å². The Morgan fingerprint density at radius 2 is 2.08 bits per heavy atom. The minimum Gasteiger partial charge on any atom is -0.453 e. The second kappa shape index (κ2) is 7.99. The van der Waals surface area contributed by atoms with Gasteiger partial charge >= 0.3 is 5.97 Å². The number of carbonyl (C=O) groups excluding carboxylic acids is 3. The monoisotopic (exact) mass is 329 g/mol. The van der Waals surface area contributed by atoms with Crippen LogP contribution in [0, 0.1) is 17.8 Å². The lowest BCUT2D eigenvalue weighted by Crippen LogP contribution is -2.32. The summed E-state index contributed by atoms with van der Waals surface area (Å²) in [7, 11) is 0. The van der Waals surface area contributed by atoms with E-state index in [0.717, 1.165) is 5.56 Å². The fourth-order valence-corrected chi connectivity index (χ4v) is 2.70. The summed E-state index contributed by atoms with van der Waals surface area (Å²) in [6.45, 7) is 5.62. The van der Waals surface area contributed by atoms with Gasteiger partial charge in [0.1, 0.15) is 0 Å². The first-order chi connectivity index (χ1) is 11.4. The molecule has 1 fully saturated rings. The number of pyridine rings is 1. The summed E-state index contributed by atoms with van der Waals surface area (Å²) in [5, 5.41) is 0. The number of carbonyl (C=O) groups is 3. The maximum Gasteiger partial charge on any atom is 0.325 e. The molecule has 1 aliphatic rings. The van der Waals surface area contributed by atoms with Gasteiger partial charge in [0.25, 0.3) is 0 Å². The van der Waals surface area contributed by atoms with Gasteiger partial charge in [-0.2, -0.15) is 0 Å². The van der Waals surface area contributed by atoms with Crippen LogP contribution in [-0.2, 0) is 19.1 Å². The topological polar surface area (TPSA) is 73.3 Å². The van der Waals surface area contributed by atoms with Gasteiger partial charge < -0.3 is 4.74 Å². The maximum atomic E-state index is 12.5. The van der Waals surface area contributed by atoms with E-state index in [1.807, 2.05) is 38.1 Å². The number of allylic oxidation sites excluding steroid dienone is 1. The molecular formula is C19H23NO4. The third kappa shape index (κ3) is 4.37. The average Bonchev–Trinajstić information content (AvgIpc) is 2.81. The highest BCUT2D eigenvalue weighted by atomic mass is 16.6. The molecule has 1 aliphatic heterocycles. The fraction of sp³-hybridized carbons (Fsp3) is 0.474. The summed E-state index contributed by atoms with van der Waals surface area (Å²) in [6, 6.07) is 3.74. The molecule has 5 nitrogen and oxygen atoms in total. The molecule has 0 amide bonds. The van der Waals surface area contributed by atoms with Crippen LogP contribution < -0.4 is 0 Å². The fourth-order valence-electron chi connectivity index (χ4n) is 2.70. The van der Waals surface area contributed by atoms with E-state index in [4.69, 9.17) is 4.74 Å². The summed E-state index contributed by atoms with van der Waals surface area (Å²) in [5.74, 6) is -2.89. The predicted octanol–water partition coefficient (Wildman–Crippen LogP) is 2.85. The molecule has 0 spiro atoms. The Labute approximate surface area is 142 Å². The molecule has 0 saturated carbocycles. The average molecular weight is 329 g/mol. The van der Waals surface area contributed by atoms with E-state index in [-0.39, 0.29) is 17.5 Å². The van der Waals surface area contributed by atoms with Gasteiger partial charge in [-0.15, -0.1) is 0 Å². The van der Waals surface area contributed by atoms with Crippen molar-refractivity contribution in [3.8, 4) is 0 Å². The third-order valence-corrected chi connectivity index (χ3v) is 4.04. The summed E-state index contributed by atoms with van der Waals surface area (Å²) >= 11 is 0. The van der Waals surface area contributed by atoms with E-state index in [0.29, 0.717) is 12.8 Å². The Hall–Kier alpha value is -2.30. The van der Waals surface area contributed by atoms with Crippen LogP contribution in [0.25, 0.3) is 6.08 Å². The molecular weight excluding hydrogens is 306 g/mol. The molecule has 1 aromatic rings. The maximum absolute atomic E-state index is 12.5. The lowest BCUT2D eigenvalue weighted by Gasteiger charge is -2.11. The second-order valence-corrected chi connectivity index (χ2v) is 6.62. The Morgan fingerprint density at radius 1 is 1.33 bits per heavy atom. The number of nitrogens with zero attached hydrogens (tertiary/aromatic N) is 1. The number of hydrogen-bond acceptors (Lipinski definition) is 5. The van der Waals surface area contributed by atoms with E-state index in [1.165, 1.54) is 0 Å². The molecule has 128 valence electrons. The zero-order chi connectivity index (χ0) is 17.7. The number of cyclic esters (lactones) is 1. The number of ether oxygens (including phenoxy) is 1. The highest BCUT2D eigenvalue weighted by Crippen LogP contribution is 2.26. The van der Waals surface area contributed by atoms with Crippen LogP contribution in [0.1, 0.15) is 39.2 Å². The molecule has 1 saturated heterocycles. The highest BCUT2D eigenvalue weighted by Gasteiger charge is 2.48. The minimum absolute atomic E-state index is 0.223. The molecule has 0 N–H and O–H groups in total. The third-order valence-electron chi connectivity index (χ3n) is 4.04. The molecule has 0 bridgehead atoms. The van der Waals surface area contributed by atoms with Crippen molar-refractivity contribution in [2.45, 2.75) is 39.7 Å². The Morgan fingerprint density at radius 3 is 2.71 bits per heavy atom. The van der Waals surface area contributed by atoms with Crippen molar-refractivity contribution in [1.82, 2.24) is 4.98 Å². The van der Waals surface area contributed by atoms with E-state index in [1.54, 1.807) is 19.3 Å². The smallest absolute Gasteiger partial charge is 0.325 e. The van der Waals surface area contributed by atoms with Gasteiger partial charge in [0.05, 0.1) is 0 Å². The van der Waals surface area contributed by atoms with Gasteiger partial charge in [0.2, 0.25) is 0 Å². The number of ketones is 2. The largest absolute Gasteiger partial charge is 0.453 e. The van der Waals surface area contributed by atoms with Crippen LogP contribution in [0.5, 0.6) is 0 Å². The molecule has 0 aliphatic carbocycles. The van der Waals surface area contributed by atoms with Crippen molar-refractivity contribution in [3.05, 3.63) is 36.2 Å². The summed E-state index contributed by atoms with van der Waals surface area (Å²) in [4.78, 5) is 40.7. The second-order valence-electron chi connectivity index (χ2n) is 6.62. The molecule has 24 heavy (non-hydrogen) atoms. The van der Waals surface area contributed by atoms with Gasteiger partial charge in [-0.1, -0.05) is 39.0 Å². The van der Waals surface area contributed by atoms with E-state index in [9.17, 15) is 14.4 Å². The zero-order valence-corrected chi connectivity index (χ0v) is 14.3. The van der Waals surface area contributed by atoms with Gasteiger partial charge in [0, 0.05) is 18.3 Å². The van der Waals surface area contributed by atoms with Crippen LogP contribution in [-0.4, -0.2) is 28.6 Å². The zero-order valence-electron chi connectivity index (χ0n) is 14.3. The first kappa shape index (κ1) is 18.0. The Bertz CT molecular complexity index is 636. The molecule has 1 aromatic heterocycles. The SMILES string of the molecule is CC(C)CC1OC(=O)C(C(=O)C(C)C/C=C\c2cccnc2)C1=O. The van der Waals surface area contributed by atoms with Crippen molar-refractivity contribution in [1.29, 1.82) is 0 Å². The number of hydrogen-bond donors (Lipinski definition) is 0. The Kier molecular flexibility index (Phi) is 6.01. The highest BCUT2D eigenvalue weighted by molar-refractivity contribution is 6.22. The van der Waals surface area contributed by atoms with Gasteiger partial charge in [-0.3, -0.25) is 19.4 Å². The summed E-state index contributed by atoms with van der Waals surface area (Å²) < 4.78 is 5.11. The van der Waals surface area contributed by atoms with E-state index in [2.05, 4.69) is 4.98 Å². The first-order valence-corrected chi connectivity index (χ1v) is 8.24. The molecule has 0 aromatic carbocycles. The number of esters is 1. The van der Waals surface area contributed by atoms with E-state index >= 15 is 0 Å². The van der Waals surface area contributed by atoms with Crippen molar-refractivity contribution < 1.29 is 19.1 Å². The number of aromatic nitrogens is 1. The summed E-state index contributed by atoms with van der Waals surface area (Å²) in [5.41, 5.74) is 0.936. The minimum atomic E-state index is -1.25. The van der Waals surface area contributed by atoms with Crippen LogP contribution in [0.2, 0.25) is 0 Å². The van der Waals surface area contributed by atoms with Crippen molar-refractivity contribution in [3.63, 3.8) is 0 Å². The van der Waals surface area contributed by atoms with Gasteiger partial charge in [0.15, 0.2) is 23.6 Å². The lowest BCUT2D eigenvalue weighted by molar-refractivity contribution is -0.147. The van der Waals surface area contributed by atoms with Crippen molar-refractivity contribution in [2.24, 2.45) is 17.8 Å². The molecule has 3 unspecified atom stereocenters. The molecule has 5 heteroatoms. The number of Topliss-reactive ketones (excluding diaryl/α,β-unsaturated/α-hetero) is 2. The van der Waals surface area contributed by atoms with Crippen molar-refractivity contribution >= 4 is 23.6 Å². The van der Waals surface area contributed by atoms with Crippen LogP contribution in [0.3, 0.4) is 0 Å². The van der Waals surface area contributed by atoms with Crippen LogP contribution in [0.15, 0.2) is 30.6 Å². The van der Waals surface area contributed by atoms with Crippen LogP contribution in [0.4, 0.5) is 0 Å². The molecule has 2 heterocycles. The normalized spacial score (nSPS) is 22.2. The summed E-state index contributed by atoms with van der Waals surface area (Å²) in [6.07, 6.45) is 7.28. The first-order valence-electron chi connectivity index (χ1n) is 8.24. The lowest BCUT2D eigenvalue weighted by atomic mass is 9.87. The predicted molar refractivity (Wildman–Crippen MR) is 89.9 cm³/mol. The van der Waals surface area contributed by atoms with Gasteiger partial charge in [-0.25, -0.2) is 0 Å². The standard InChI is InChI=1S/C19H23NO4/c1-12(2)10-15-18(22)16(19(23)24-15)17(21)13(3)6-4-7-14-8-5-9-20-11-14/h4-5,7-9,11-13,15-16H,6,10H2,1-3H3/b7-4-. The van der Waals surface area contributed by atoms with Crippen LogP contribution >= 0.6 is 0 Å². The van der Waals surface area contributed by atoms with Crippen molar-refractivity contribution in [2.75, 3.05) is 0 Å². The molecule has 3 atom stereocenters. The molecule has 2 rings (SSSR count). The number of rotatable bonds is 7.